The van der Waals surface area contributed by atoms with Crippen molar-refractivity contribution in [3.8, 4) is 39.6 Å². The number of para-hydroxylation sites is 3. The molecule has 6 aromatic carbocycles. The molecule has 5 nitrogen and oxygen atoms in total. The Morgan fingerprint density at radius 2 is 1.43 bits per heavy atom. The van der Waals surface area contributed by atoms with E-state index in [0.29, 0.717) is 0 Å². The molecule has 0 saturated carbocycles. The number of imidazole rings is 1. The van der Waals surface area contributed by atoms with E-state index in [4.69, 9.17) is 19.4 Å². The molecule has 1 radical (unpaired) electrons. The van der Waals surface area contributed by atoms with Gasteiger partial charge in [0.25, 0.3) is 0 Å². The second kappa shape index (κ2) is 16.8. The number of aryl methyl sites for hydroxylation is 1. The Balaban J connectivity index is 0.000000174. The molecule has 0 fully saturated rings. The second-order valence-electron chi connectivity index (χ2n) is 18.0. The van der Waals surface area contributed by atoms with Crippen LogP contribution in [0.4, 0.5) is 0 Å². The summed E-state index contributed by atoms with van der Waals surface area (Å²) in [5, 5.41) is 4.61. The van der Waals surface area contributed by atoms with Crippen LogP contribution in [0.5, 0.6) is 0 Å². The summed E-state index contributed by atoms with van der Waals surface area (Å²) in [5.41, 5.74) is 12.8. The fourth-order valence-electron chi connectivity index (χ4n) is 8.43. The zero-order valence-corrected chi connectivity index (χ0v) is 41.7. The van der Waals surface area contributed by atoms with Gasteiger partial charge < -0.3 is 4.57 Å². The van der Waals surface area contributed by atoms with Gasteiger partial charge in [-0.25, -0.2) is 4.98 Å². The number of hydrogen-bond acceptors (Lipinski definition) is 5. The molecule has 0 bridgehead atoms. The standard InChI is InChI=1S/C34H26N3S.C21H20GeNO.Ir/c1-34(2,3)23-16-18-24(19-17-23)37-30-15-8-7-14-29(30)35-32(37)27-13-9-12-25-26-20-21-28(22-10-5-4-6-11-22)36-33(26)38-31(25)27;1-14-11-19(23-13-18(14)22(2,3)4)15-9-10-21-17(12-15)16-7-5-6-8-20(16)24-21;/h4-12,14-21H,1-3H3;5-8,10-13H,1-4H3;/q2*-1;. The van der Waals surface area contributed by atoms with Gasteiger partial charge in [-0.1, -0.05) is 92.4 Å². The molecule has 0 aliphatic heterocycles. The Bertz CT molecular complexity index is 3450. The Kier molecular flexibility index (Phi) is 11.3. The van der Waals surface area contributed by atoms with E-state index >= 15 is 0 Å². The van der Waals surface area contributed by atoms with E-state index in [9.17, 15) is 0 Å². The van der Waals surface area contributed by atoms with Crippen molar-refractivity contribution in [3.63, 3.8) is 0 Å². The number of aromatic nitrogens is 4. The third-order valence-corrected chi connectivity index (χ3v) is 17.3. The third-order valence-electron chi connectivity index (χ3n) is 11.6. The van der Waals surface area contributed by atoms with Crippen molar-refractivity contribution in [1.82, 2.24) is 19.5 Å². The number of fused-ring (bicyclic) bond motifs is 7. The van der Waals surface area contributed by atoms with Gasteiger partial charge in [0.05, 0.1) is 22.6 Å². The summed E-state index contributed by atoms with van der Waals surface area (Å²) in [7, 11) is 0. The fourth-order valence-corrected chi connectivity index (χ4v) is 13.2. The molecule has 0 atom stereocenters. The Hall–Kier alpha value is -5.70. The molecule has 63 heavy (non-hydrogen) atoms. The zero-order chi connectivity index (χ0) is 42.8. The molecule has 5 aromatic heterocycles. The molecule has 11 aromatic rings. The maximum absolute atomic E-state index is 5.89. The summed E-state index contributed by atoms with van der Waals surface area (Å²) in [6.45, 7) is 8.93. The number of hydrogen-bond donors (Lipinski definition) is 0. The number of nitrogens with zero attached hydrogens (tertiary/aromatic N) is 4. The maximum Gasteiger partial charge on any atom is 0 e. The van der Waals surface area contributed by atoms with Crippen LogP contribution < -0.4 is 4.40 Å². The molecule has 313 valence electrons. The molecule has 0 aliphatic rings. The minimum absolute atomic E-state index is 0. The Morgan fingerprint density at radius 3 is 2.19 bits per heavy atom. The van der Waals surface area contributed by atoms with Gasteiger partial charge in [0.2, 0.25) is 0 Å². The quantitative estimate of drug-likeness (QED) is 0.127. The molecule has 11 rings (SSSR count). The van der Waals surface area contributed by atoms with Crippen LogP contribution in [0.25, 0.3) is 92.9 Å². The number of thiophene rings is 1. The first kappa shape index (κ1) is 42.6. The van der Waals surface area contributed by atoms with Gasteiger partial charge in [-0.2, -0.15) is 11.3 Å². The first-order chi connectivity index (χ1) is 29.9. The average Bonchev–Trinajstić information content (AvgIpc) is 3.97. The van der Waals surface area contributed by atoms with Crippen molar-refractivity contribution >= 4 is 82.3 Å². The van der Waals surface area contributed by atoms with Crippen LogP contribution in [0.3, 0.4) is 0 Å². The molecule has 0 N–H and O–H groups in total. The van der Waals surface area contributed by atoms with E-state index in [0.717, 1.165) is 87.5 Å². The monoisotopic (exact) mass is 1080 g/mol. The number of benzene rings is 6. The van der Waals surface area contributed by atoms with E-state index in [1.807, 2.05) is 42.5 Å². The summed E-state index contributed by atoms with van der Waals surface area (Å²) in [6.07, 6.45) is 2.08. The van der Waals surface area contributed by atoms with E-state index in [1.54, 1.807) is 11.3 Å². The van der Waals surface area contributed by atoms with E-state index in [1.165, 1.54) is 20.9 Å². The molecular weight excluding hydrogens is 1030 g/mol. The molecule has 5 heterocycles. The first-order valence-electron chi connectivity index (χ1n) is 21.1. The fraction of sp³-hybridized carbons (Fsp3) is 0.145. The number of rotatable bonds is 5. The average molecular weight is 1080 g/mol. The molecular formula is C55H46GeIrN4OS-2. The van der Waals surface area contributed by atoms with Gasteiger partial charge in [-0.05, 0) is 51.4 Å². The van der Waals surface area contributed by atoms with Crippen LogP contribution >= 0.6 is 11.3 Å². The third kappa shape index (κ3) is 8.08. The predicted molar refractivity (Wildman–Crippen MR) is 264 cm³/mol. The predicted octanol–water partition coefficient (Wildman–Crippen LogP) is 14.5. The van der Waals surface area contributed by atoms with Crippen molar-refractivity contribution in [2.24, 2.45) is 0 Å². The van der Waals surface area contributed by atoms with Gasteiger partial charge in [0.1, 0.15) is 4.83 Å². The van der Waals surface area contributed by atoms with Crippen molar-refractivity contribution in [2.75, 3.05) is 0 Å². The second-order valence-corrected chi connectivity index (χ2v) is 29.6. The summed E-state index contributed by atoms with van der Waals surface area (Å²) < 4.78 is 10.8. The zero-order valence-electron chi connectivity index (χ0n) is 36.4. The normalized spacial score (nSPS) is 11.9. The summed E-state index contributed by atoms with van der Waals surface area (Å²) in [4.78, 5) is 15.9. The van der Waals surface area contributed by atoms with Gasteiger partial charge in [-0.15, -0.1) is 18.2 Å². The van der Waals surface area contributed by atoms with Gasteiger partial charge >= 0.3 is 145 Å². The van der Waals surface area contributed by atoms with Gasteiger partial charge in [-0.3, -0.25) is 4.98 Å². The van der Waals surface area contributed by atoms with E-state index in [2.05, 4.69) is 171 Å². The van der Waals surface area contributed by atoms with E-state index in [-0.39, 0.29) is 25.5 Å². The van der Waals surface area contributed by atoms with Crippen molar-refractivity contribution < 1.29 is 24.5 Å². The van der Waals surface area contributed by atoms with Gasteiger partial charge in [0.15, 0.2) is 0 Å². The minimum Gasteiger partial charge on any atom is 0 e. The van der Waals surface area contributed by atoms with Crippen molar-refractivity contribution in [1.29, 1.82) is 0 Å². The van der Waals surface area contributed by atoms with Crippen LogP contribution in [0.1, 0.15) is 31.9 Å². The molecule has 8 heteroatoms. The van der Waals surface area contributed by atoms with Crippen molar-refractivity contribution in [3.05, 3.63) is 175 Å². The molecule has 0 saturated heterocycles. The molecule has 0 amide bonds. The maximum atomic E-state index is 5.89. The molecule has 0 unspecified atom stereocenters. The van der Waals surface area contributed by atoms with Crippen LogP contribution in [0.15, 0.2) is 156 Å². The van der Waals surface area contributed by atoms with Gasteiger partial charge in [0, 0.05) is 31.4 Å². The van der Waals surface area contributed by atoms with Crippen molar-refractivity contribution in [2.45, 2.75) is 50.4 Å². The minimum atomic E-state index is -1.87. The summed E-state index contributed by atoms with van der Waals surface area (Å²) >= 11 is -0.154. The number of pyridine rings is 2. The van der Waals surface area contributed by atoms with E-state index < -0.39 is 13.3 Å². The first-order valence-corrected chi connectivity index (χ1v) is 29.3. The summed E-state index contributed by atoms with van der Waals surface area (Å²) in [5.74, 6) is 8.11. The number of furan rings is 1. The largest absolute Gasteiger partial charge is 0 e. The molecule has 0 spiro atoms. The molecule has 0 aliphatic carbocycles. The van der Waals surface area contributed by atoms with Crippen LogP contribution in [0.2, 0.25) is 17.3 Å². The SMILES string of the molecule is CC(C)(C)c1ccc(-n2c(-c3[c-]ccc4c3sc3nc(-c5ccccc5)ccc34)nc3ccccc32)cc1.Cc1cc(-c2[c-]cc3oc4ccccc4c3c2)nc[c]1[Ge]([CH3])([CH3])[CH3].[Ir]. The van der Waals surface area contributed by atoms with Crippen LogP contribution in [-0.4, -0.2) is 32.8 Å². The summed E-state index contributed by atoms with van der Waals surface area (Å²) in [6, 6.07) is 57.3. The Labute approximate surface area is 388 Å². The van der Waals surface area contributed by atoms with Crippen LogP contribution in [0, 0.1) is 19.1 Å². The van der Waals surface area contributed by atoms with Crippen LogP contribution in [-0.2, 0) is 25.5 Å². The smallest absolute Gasteiger partial charge is 0 e. The topological polar surface area (TPSA) is 56.7 Å². The Morgan fingerprint density at radius 1 is 0.683 bits per heavy atom.